The lowest BCUT2D eigenvalue weighted by atomic mass is 10.1. The van der Waals surface area contributed by atoms with Gasteiger partial charge in [-0.05, 0) is 24.2 Å². The van der Waals surface area contributed by atoms with Crippen molar-refractivity contribution in [3.63, 3.8) is 0 Å². The zero-order valence-corrected chi connectivity index (χ0v) is 18.9. The number of benzene rings is 1. The fourth-order valence-corrected chi connectivity index (χ4v) is 3.44. The molecule has 0 aliphatic heterocycles. The third-order valence-electron chi connectivity index (χ3n) is 5.34. The number of aromatic nitrogens is 5. The zero-order chi connectivity index (χ0) is 24.1. The smallest absolute Gasteiger partial charge is 0.250 e. The number of imidazole rings is 1. The molecule has 0 radical (unpaired) electrons. The van der Waals surface area contributed by atoms with Gasteiger partial charge < -0.3 is 25.0 Å². The Hall–Kier alpha value is -4.37. The van der Waals surface area contributed by atoms with E-state index in [1.807, 2.05) is 49.1 Å². The molecule has 172 valence electrons. The van der Waals surface area contributed by atoms with Crippen LogP contribution in [0.3, 0.4) is 0 Å². The van der Waals surface area contributed by atoms with Crippen molar-refractivity contribution in [1.82, 2.24) is 29.4 Å². The van der Waals surface area contributed by atoms with Crippen molar-refractivity contribution in [2.24, 2.45) is 7.05 Å². The minimum absolute atomic E-state index is 0.157. The third-order valence-corrected chi connectivity index (χ3v) is 5.34. The number of hydrogen-bond acceptors (Lipinski definition) is 7. The molecular weight excluding hydrogens is 430 g/mol. The summed E-state index contributed by atoms with van der Waals surface area (Å²) in [4.78, 5) is 25.3. The Morgan fingerprint density at radius 3 is 2.68 bits per heavy atom. The molecule has 0 saturated heterocycles. The van der Waals surface area contributed by atoms with Crippen LogP contribution in [0.5, 0.6) is 0 Å². The van der Waals surface area contributed by atoms with E-state index in [2.05, 4.69) is 20.3 Å². The van der Waals surface area contributed by atoms with Crippen LogP contribution in [-0.2, 0) is 20.1 Å². The largest absolute Gasteiger partial charge is 0.506 e. The number of aliphatic hydroxyl groups is 1. The molecule has 9 heteroatoms. The van der Waals surface area contributed by atoms with Gasteiger partial charge in [-0.1, -0.05) is 24.3 Å². The topological polar surface area (TPSA) is 122 Å². The average Bonchev–Trinajstić information content (AvgIpc) is 3.25. The van der Waals surface area contributed by atoms with Crippen molar-refractivity contribution in [3.05, 3.63) is 106 Å². The average molecular weight is 456 g/mol. The highest BCUT2D eigenvalue weighted by Crippen LogP contribution is 2.18. The molecule has 3 heterocycles. The fraction of sp³-hybridized carbons (Fsp3) is 0.160. The third kappa shape index (κ3) is 5.16. The molecule has 0 aliphatic rings. The van der Waals surface area contributed by atoms with Crippen LogP contribution in [-0.4, -0.2) is 42.0 Å². The maximum Gasteiger partial charge on any atom is 0.250 e. The van der Waals surface area contributed by atoms with Gasteiger partial charge in [0.1, 0.15) is 17.3 Å². The van der Waals surface area contributed by atoms with E-state index in [1.54, 1.807) is 29.2 Å². The van der Waals surface area contributed by atoms with Gasteiger partial charge >= 0.3 is 0 Å². The van der Waals surface area contributed by atoms with Gasteiger partial charge in [0.2, 0.25) is 0 Å². The molecule has 0 fully saturated rings. The van der Waals surface area contributed by atoms with Gasteiger partial charge in [0.15, 0.2) is 0 Å². The lowest BCUT2D eigenvalue weighted by molar-refractivity contribution is 0.509. The molecule has 0 spiro atoms. The molecule has 4 aromatic rings. The summed E-state index contributed by atoms with van der Waals surface area (Å²) in [5.41, 5.74) is 3.18. The van der Waals surface area contributed by atoms with Gasteiger partial charge in [-0.25, -0.2) is 9.97 Å². The quantitative estimate of drug-likeness (QED) is 0.277. The molecule has 34 heavy (non-hydrogen) atoms. The Morgan fingerprint density at radius 1 is 1.18 bits per heavy atom. The first kappa shape index (κ1) is 22.8. The molecule has 1 aromatic carbocycles. The summed E-state index contributed by atoms with van der Waals surface area (Å²) in [6, 6.07) is 10.7. The monoisotopic (exact) mass is 455 g/mol. The van der Waals surface area contributed by atoms with Gasteiger partial charge in [0.25, 0.3) is 5.56 Å². The second kappa shape index (κ2) is 10.1. The van der Waals surface area contributed by atoms with Crippen molar-refractivity contribution in [2.75, 3.05) is 7.05 Å². The Morgan fingerprint density at radius 2 is 1.97 bits per heavy atom. The summed E-state index contributed by atoms with van der Waals surface area (Å²) in [6.07, 6.45) is 9.55. The van der Waals surface area contributed by atoms with Crippen molar-refractivity contribution in [2.45, 2.75) is 13.1 Å². The number of pyridine rings is 1. The van der Waals surface area contributed by atoms with E-state index in [9.17, 15) is 9.90 Å². The number of nitrogens with zero attached hydrogens (tertiary/aromatic N) is 5. The highest BCUT2D eigenvalue weighted by Gasteiger charge is 2.10. The Kier molecular flexibility index (Phi) is 6.74. The molecule has 3 N–H and O–H groups in total. The molecule has 9 nitrogen and oxygen atoms in total. The zero-order valence-electron chi connectivity index (χ0n) is 18.9. The van der Waals surface area contributed by atoms with Crippen LogP contribution in [0, 0.1) is 5.41 Å². The molecule has 0 aliphatic carbocycles. The number of rotatable bonds is 8. The van der Waals surface area contributed by atoms with Gasteiger partial charge in [-0.15, -0.1) is 0 Å². The van der Waals surface area contributed by atoms with Crippen LogP contribution < -0.4 is 10.9 Å². The van der Waals surface area contributed by atoms with Crippen LogP contribution in [0.1, 0.15) is 22.6 Å². The van der Waals surface area contributed by atoms with Crippen LogP contribution in [0.4, 0.5) is 0 Å². The summed E-state index contributed by atoms with van der Waals surface area (Å²) in [7, 11) is 3.75. The first-order valence-corrected chi connectivity index (χ1v) is 10.7. The fourth-order valence-electron chi connectivity index (χ4n) is 3.44. The maximum atomic E-state index is 12.3. The van der Waals surface area contributed by atoms with E-state index in [4.69, 9.17) is 5.41 Å². The van der Waals surface area contributed by atoms with Crippen molar-refractivity contribution < 1.29 is 5.11 Å². The van der Waals surface area contributed by atoms with Crippen LogP contribution >= 0.6 is 0 Å². The van der Waals surface area contributed by atoms with Gasteiger partial charge in [-0.3, -0.25) is 9.78 Å². The molecule has 3 aromatic heterocycles. The van der Waals surface area contributed by atoms with E-state index in [1.165, 1.54) is 18.3 Å². The van der Waals surface area contributed by atoms with Crippen molar-refractivity contribution in [1.29, 1.82) is 5.41 Å². The van der Waals surface area contributed by atoms with Gasteiger partial charge in [-0.2, -0.15) is 0 Å². The highest BCUT2D eigenvalue weighted by molar-refractivity contribution is 6.09. The van der Waals surface area contributed by atoms with E-state index in [0.29, 0.717) is 23.4 Å². The second-order valence-electron chi connectivity index (χ2n) is 7.80. The van der Waals surface area contributed by atoms with Crippen LogP contribution in [0.25, 0.3) is 17.0 Å². The van der Waals surface area contributed by atoms with Crippen LogP contribution in [0.15, 0.2) is 78.3 Å². The normalized spacial score (nSPS) is 11.5. The minimum Gasteiger partial charge on any atom is -0.506 e. The van der Waals surface area contributed by atoms with E-state index >= 15 is 0 Å². The number of hydrogen-bond donors (Lipinski definition) is 3. The molecule has 0 atom stereocenters. The summed E-state index contributed by atoms with van der Waals surface area (Å²) >= 11 is 0. The minimum atomic E-state index is -0.167. The van der Waals surface area contributed by atoms with Gasteiger partial charge in [0.05, 0.1) is 30.3 Å². The maximum absolute atomic E-state index is 12.3. The Labute approximate surface area is 196 Å². The molecule has 0 unspecified atom stereocenters. The lowest BCUT2D eigenvalue weighted by Crippen LogP contribution is -2.20. The summed E-state index contributed by atoms with van der Waals surface area (Å²) in [5.74, 6) is 0.581. The lowest BCUT2D eigenvalue weighted by Gasteiger charge is -2.09. The molecule has 0 amide bonds. The number of aliphatic hydroxyl groups excluding tert-OH is 1. The van der Waals surface area contributed by atoms with E-state index < -0.39 is 0 Å². The van der Waals surface area contributed by atoms with Crippen LogP contribution in [0.2, 0.25) is 0 Å². The molecule has 0 saturated carbocycles. The number of nitrogens with one attached hydrogen (secondary N) is 2. The highest BCUT2D eigenvalue weighted by atomic mass is 16.3. The Bertz CT molecular complexity index is 1400. The first-order chi connectivity index (χ1) is 16.4. The van der Waals surface area contributed by atoms with Gasteiger partial charge in [0, 0.05) is 49.9 Å². The first-order valence-electron chi connectivity index (χ1n) is 10.7. The predicted octanol–water partition coefficient (Wildman–Crippen LogP) is 2.77. The van der Waals surface area contributed by atoms with E-state index in [0.717, 1.165) is 17.9 Å². The SMILES string of the molecule is CNCc1ccc(C(=N)/C=C(\O)c2cncc(-c3ccc(=O)n(Cc4nccn4C)c3)n2)cc1. The second-order valence-corrected chi connectivity index (χ2v) is 7.80. The summed E-state index contributed by atoms with van der Waals surface area (Å²) in [5, 5.41) is 22.0. The molecular formula is C25H25N7O2. The number of allylic oxidation sites excluding steroid dienone is 1. The standard InChI is InChI=1S/C25H25N7O2/c1-27-12-17-3-5-18(6-4-17)20(26)11-23(33)22-14-28-13-21(30-22)19-7-8-25(34)32(15-19)16-24-29-9-10-31(24)2/h3-11,13-15,26-27,33H,12,16H2,1-2H3/b23-11-,26-20?. The molecule has 4 rings (SSSR count). The number of aryl methyl sites for hydroxylation is 1. The van der Waals surface area contributed by atoms with Crippen molar-refractivity contribution >= 4 is 11.5 Å². The molecule has 0 bridgehead atoms. The summed E-state index contributed by atoms with van der Waals surface area (Å²) < 4.78 is 3.40. The van der Waals surface area contributed by atoms with Crippen molar-refractivity contribution in [3.8, 4) is 11.3 Å². The summed E-state index contributed by atoms with van der Waals surface area (Å²) in [6.45, 7) is 1.06. The Balaban J connectivity index is 1.58. The van der Waals surface area contributed by atoms with E-state index in [-0.39, 0.29) is 22.7 Å². The predicted molar refractivity (Wildman–Crippen MR) is 131 cm³/mol.